The Hall–Kier alpha value is -1.26. The van der Waals surface area contributed by atoms with Crippen LogP contribution in [-0.2, 0) is 0 Å². The van der Waals surface area contributed by atoms with Gasteiger partial charge < -0.3 is 5.32 Å². The SMILES string of the molecule is CCNc1ncc(C)c(Sc2ccc(Cl)cc2)n1. The number of anilines is 1. The highest BCUT2D eigenvalue weighted by Crippen LogP contribution is 2.29. The average molecular weight is 280 g/mol. The first kappa shape index (κ1) is 13.2. The maximum atomic E-state index is 5.87. The van der Waals surface area contributed by atoms with Crippen molar-refractivity contribution in [2.75, 3.05) is 11.9 Å². The van der Waals surface area contributed by atoms with Gasteiger partial charge in [0, 0.05) is 28.2 Å². The van der Waals surface area contributed by atoms with Crippen LogP contribution in [0.15, 0.2) is 40.4 Å². The van der Waals surface area contributed by atoms with E-state index >= 15 is 0 Å². The van der Waals surface area contributed by atoms with Gasteiger partial charge in [-0.1, -0.05) is 23.4 Å². The standard InChI is InChI=1S/C13H14ClN3S/c1-3-15-13-16-8-9(2)12(17-13)18-11-6-4-10(14)5-7-11/h4-8H,3H2,1-2H3,(H,15,16,17). The summed E-state index contributed by atoms with van der Waals surface area (Å²) in [4.78, 5) is 9.83. The first-order valence-corrected chi connectivity index (χ1v) is 6.89. The number of rotatable bonds is 4. The summed E-state index contributed by atoms with van der Waals surface area (Å²) in [7, 11) is 0. The molecule has 94 valence electrons. The zero-order chi connectivity index (χ0) is 13.0. The molecule has 0 bridgehead atoms. The molecule has 0 amide bonds. The summed E-state index contributed by atoms with van der Waals surface area (Å²) in [6, 6.07) is 7.74. The summed E-state index contributed by atoms with van der Waals surface area (Å²) < 4.78 is 0. The molecule has 0 aliphatic rings. The fourth-order valence-electron chi connectivity index (χ4n) is 1.39. The highest BCUT2D eigenvalue weighted by Gasteiger charge is 2.05. The summed E-state index contributed by atoms with van der Waals surface area (Å²) in [5.41, 5.74) is 1.07. The van der Waals surface area contributed by atoms with Crippen LogP contribution in [0.25, 0.3) is 0 Å². The largest absolute Gasteiger partial charge is 0.354 e. The van der Waals surface area contributed by atoms with Crippen LogP contribution in [0.3, 0.4) is 0 Å². The monoisotopic (exact) mass is 279 g/mol. The highest BCUT2D eigenvalue weighted by molar-refractivity contribution is 7.99. The number of nitrogens with one attached hydrogen (secondary N) is 1. The quantitative estimate of drug-likeness (QED) is 0.858. The van der Waals surface area contributed by atoms with Crippen LogP contribution in [0, 0.1) is 6.92 Å². The number of hydrogen-bond acceptors (Lipinski definition) is 4. The molecule has 18 heavy (non-hydrogen) atoms. The Morgan fingerprint density at radius 2 is 2.00 bits per heavy atom. The molecule has 0 aliphatic carbocycles. The van der Waals surface area contributed by atoms with Crippen LogP contribution in [0.5, 0.6) is 0 Å². The molecular weight excluding hydrogens is 266 g/mol. The van der Waals surface area contributed by atoms with E-state index in [1.165, 1.54) is 0 Å². The Kier molecular flexibility index (Phi) is 4.44. The van der Waals surface area contributed by atoms with Crippen molar-refractivity contribution in [2.24, 2.45) is 0 Å². The van der Waals surface area contributed by atoms with Gasteiger partial charge in [-0.2, -0.15) is 0 Å². The van der Waals surface area contributed by atoms with Crippen LogP contribution >= 0.6 is 23.4 Å². The van der Waals surface area contributed by atoms with E-state index in [9.17, 15) is 0 Å². The second-order valence-corrected chi connectivity index (χ2v) is 5.27. The molecule has 3 nitrogen and oxygen atoms in total. The van der Waals surface area contributed by atoms with E-state index in [1.54, 1.807) is 11.8 Å². The molecule has 0 radical (unpaired) electrons. The van der Waals surface area contributed by atoms with Gasteiger partial charge in [-0.3, -0.25) is 0 Å². The van der Waals surface area contributed by atoms with E-state index in [1.807, 2.05) is 44.3 Å². The molecule has 2 aromatic rings. The molecular formula is C13H14ClN3S. The third-order valence-electron chi connectivity index (χ3n) is 2.29. The molecule has 5 heteroatoms. The molecule has 0 atom stereocenters. The minimum absolute atomic E-state index is 0.666. The minimum Gasteiger partial charge on any atom is -0.354 e. The van der Waals surface area contributed by atoms with Gasteiger partial charge >= 0.3 is 0 Å². The van der Waals surface area contributed by atoms with Crippen LogP contribution in [-0.4, -0.2) is 16.5 Å². The van der Waals surface area contributed by atoms with Crippen molar-refractivity contribution in [3.63, 3.8) is 0 Å². The minimum atomic E-state index is 0.666. The van der Waals surface area contributed by atoms with Crippen molar-refractivity contribution in [1.29, 1.82) is 0 Å². The van der Waals surface area contributed by atoms with Gasteiger partial charge in [0.2, 0.25) is 5.95 Å². The predicted octanol–water partition coefficient (Wildman–Crippen LogP) is 4.02. The van der Waals surface area contributed by atoms with Crippen molar-refractivity contribution in [2.45, 2.75) is 23.8 Å². The zero-order valence-corrected chi connectivity index (χ0v) is 11.8. The predicted molar refractivity (Wildman–Crippen MR) is 76.5 cm³/mol. The molecule has 1 N–H and O–H groups in total. The molecule has 0 unspecified atom stereocenters. The summed E-state index contributed by atoms with van der Waals surface area (Å²) in [6.07, 6.45) is 1.84. The highest BCUT2D eigenvalue weighted by atomic mass is 35.5. The molecule has 0 saturated carbocycles. The lowest BCUT2D eigenvalue weighted by molar-refractivity contribution is 0.983. The third kappa shape index (κ3) is 3.37. The zero-order valence-electron chi connectivity index (χ0n) is 10.3. The fourth-order valence-corrected chi connectivity index (χ4v) is 2.35. The number of halogens is 1. The van der Waals surface area contributed by atoms with Gasteiger partial charge in [0.1, 0.15) is 5.03 Å². The van der Waals surface area contributed by atoms with Gasteiger partial charge in [0.05, 0.1) is 0 Å². The molecule has 1 aromatic heterocycles. The summed E-state index contributed by atoms with van der Waals surface area (Å²) in [5, 5.41) is 4.82. The van der Waals surface area contributed by atoms with E-state index < -0.39 is 0 Å². The Bertz CT molecular complexity index is 528. The van der Waals surface area contributed by atoms with E-state index in [0.717, 1.165) is 27.1 Å². The van der Waals surface area contributed by atoms with Crippen molar-refractivity contribution in [3.8, 4) is 0 Å². The Morgan fingerprint density at radius 1 is 1.28 bits per heavy atom. The maximum Gasteiger partial charge on any atom is 0.223 e. The van der Waals surface area contributed by atoms with Gasteiger partial charge in [0.15, 0.2) is 0 Å². The lowest BCUT2D eigenvalue weighted by atomic mass is 10.4. The Morgan fingerprint density at radius 3 is 2.67 bits per heavy atom. The lowest BCUT2D eigenvalue weighted by Gasteiger charge is -2.07. The third-order valence-corrected chi connectivity index (χ3v) is 3.65. The molecule has 1 heterocycles. The van der Waals surface area contributed by atoms with E-state index in [-0.39, 0.29) is 0 Å². The smallest absolute Gasteiger partial charge is 0.223 e. The van der Waals surface area contributed by atoms with Gasteiger partial charge in [-0.05, 0) is 38.1 Å². The van der Waals surface area contributed by atoms with Crippen molar-refractivity contribution < 1.29 is 0 Å². The number of nitrogens with zero attached hydrogens (tertiary/aromatic N) is 2. The van der Waals surface area contributed by atoms with Crippen LogP contribution in [0.4, 0.5) is 5.95 Å². The normalized spacial score (nSPS) is 10.4. The molecule has 0 saturated heterocycles. The molecule has 1 aromatic carbocycles. The Balaban J connectivity index is 2.22. The first-order chi connectivity index (χ1) is 8.69. The summed E-state index contributed by atoms with van der Waals surface area (Å²) in [6.45, 7) is 4.84. The van der Waals surface area contributed by atoms with Crippen molar-refractivity contribution in [3.05, 3.63) is 41.0 Å². The molecule has 2 rings (SSSR count). The van der Waals surface area contributed by atoms with E-state index in [2.05, 4.69) is 15.3 Å². The van der Waals surface area contributed by atoms with Crippen LogP contribution < -0.4 is 5.32 Å². The van der Waals surface area contributed by atoms with Gasteiger partial charge in [0.25, 0.3) is 0 Å². The molecule has 0 spiro atoms. The maximum absolute atomic E-state index is 5.87. The van der Waals surface area contributed by atoms with Crippen LogP contribution in [0.1, 0.15) is 12.5 Å². The fraction of sp³-hybridized carbons (Fsp3) is 0.231. The van der Waals surface area contributed by atoms with Gasteiger partial charge in [-0.15, -0.1) is 0 Å². The average Bonchev–Trinajstić information content (AvgIpc) is 2.36. The second kappa shape index (κ2) is 6.07. The second-order valence-electron chi connectivity index (χ2n) is 3.77. The lowest BCUT2D eigenvalue weighted by Crippen LogP contribution is -2.03. The van der Waals surface area contributed by atoms with E-state index in [4.69, 9.17) is 11.6 Å². The summed E-state index contributed by atoms with van der Waals surface area (Å²) in [5.74, 6) is 0.666. The molecule has 0 aliphatic heterocycles. The topological polar surface area (TPSA) is 37.8 Å². The first-order valence-electron chi connectivity index (χ1n) is 5.70. The number of benzene rings is 1. The van der Waals surface area contributed by atoms with Crippen LogP contribution in [0.2, 0.25) is 5.02 Å². The van der Waals surface area contributed by atoms with Gasteiger partial charge in [-0.25, -0.2) is 9.97 Å². The van der Waals surface area contributed by atoms with Crippen molar-refractivity contribution >= 4 is 29.3 Å². The number of aryl methyl sites for hydroxylation is 1. The van der Waals surface area contributed by atoms with Crippen molar-refractivity contribution in [1.82, 2.24) is 9.97 Å². The number of hydrogen-bond donors (Lipinski definition) is 1. The Labute approximate surface area is 116 Å². The summed E-state index contributed by atoms with van der Waals surface area (Å²) >= 11 is 7.48. The van der Waals surface area contributed by atoms with E-state index in [0.29, 0.717) is 5.95 Å². The number of aromatic nitrogens is 2. The molecule has 0 fully saturated rings.